The molecule has 3 aromatic rings. The molecule has 0 saturated carbocycles. The first-order chi connectivity index (χ1) is 10.1. The molecule has 0 aliphatic heterocycles. The molecule has 3 nitrogen and oxygen atoms in total. The number of hydrogen-bond acceptors (Lipinski definition) is 1. The SMILES string of the molecule is O=C(NCc1ccc(F)cc1F)c1c[nH]c2ccccc12. The van der Waals surface area contributed by atoms with Gasteiger partial charge in [0.2, 0.25) is 0 Å². The Bertz CT molecular complexity index is 811. The first kappa shape index (κ1) is 13.3. The van der Waals surface area contributed by atoms with Gasteiger partial charge in [-0.2, -0.15) is 0 Å². The van der Waals surface area contributed by atoms with Gasteiger partial charge >= 0.3 is 0 Å². The number of H-pyrrole nitrogens is 1. The second kappa shape index (κ2) is 5.36. The molecule has 1 amide bonds. The zero-order valence-corrected chi connectivity index (χ0v) is 11.0. The highest BCUT2D eigenvalue weighted by atomic mass is 19.1. The molecular formula is C16H12F2N2O. The van der Waals surface area contributed by atoms with Crippen LogP contribution in [0.1, 0.15) is 15.9 Å². The van der Waals surface area contributed by atoms with Gasteiger partial charge in [0.15, 0.2) is 0 Å². The van der Waals surface area contributed by atoms with Crippen LogP contribution in [-0.2, 0) is 6.54 Å². The van der Waals surface area contributed by atoms with Crippen molar-refractivity contribution in [2.24, 2.45) is 0 Å². The van der Waals surface area contributed by atoms with Crippen molar-refractivity contribution < 1.29 is 13.6 Å². The molecular weight excluding hydrogens is 274 g/mol. The topological polar surface area (TPSA) is 44.9 Å². The molecule has 2 N–H and O–H groups in total. The number of rotatable bonds is 3. The van der Waals surface area contributed by atoms with Gasteiger partial charge in [0.1, 0.15) is 11.6 Å². The van der Waals surface area contributed by atoms with Crippen LogP contribution < -0.4 is 5.32 Å². The van der Waals surface area contributed by atoms with Gasteiger partial charge in [-0.3, -0.25) is 4.79 Å². The van der Waals surface area contributed by atoms with Crippen LogP contribution in [0, 0.1) is 11.6 Å². The van der Waals surface area contributed by atoms with E-state index in [9.17, 15) is 13.6 Å². The van der Waals surface area contributed by atoms with Crippen molar-refractivity contribution in [3.8, 4) is 0 Å². The van der Waals surface area contributed by atoms with Crippen molar-refractivity contribution in [2.45, 2.75) is 6.54 Å². The van der Waals surface area contributed by atoms with Gasteiger partial charge in [0.25, 0.3) is 5.91 Å². The number of aromatic nitrogens is 1. The predicted octanol–water partition coefficient (Wildman–Crippen LogP) is 3.38. The van der Waals surface area contributed by atoms with Gasteiger partial charge in [-0.1, -0.05) is 24.3 Å². The van der Waals surface area contributed by atoms with E-state index in [4.69, 9.17) is 0 Å². The molecule has 106 valence electrons. The maximum absolute atomic E-state index is 13.5. The standard InChI is InChI=1S/C16H12F2N2O/c17-11-6-5-10(14(18)7-11)8-20-16(21)13-9-19-15-4-2-1-3-12(13)15/h1-7,9,19H,8H2,(H,20,21). The van der Waals surface area contributed by atoms with Crippen LogP contribution in [0.3, 0.4) is 0 Å². The fraction of sp³-hybridized carbons (Fsp3) is 0.0625. The number of carbonyl (C=O) groups is 1. The first-order valence-electron chi connectivity index (χ1n) is 6.43. The molecule has 0 bridgehead atoms. The van der Waals surface area contributed by atoms with E-state index in [1.807, 2.05) is 24.3 Å². The molecule has 0 spiro atoms. The van der Waals surface area contributed by atoms with E-state index in [1.165, 1.54) is 6.07 Å². The minimum Gasteiger partial charge on any atom is -0.360 e. The third-order valence-corrected chi connectivity index (χ3v) is 3.29. The molecule has 1 heterocycles. The molecule has 21 heavy (non-hydrogen) atoms. The number of aromatic amines is 1. The Kier molecular flexibility index (Phi) is 3.39. The summed E-state index contributed by atoms with van der Waals surface area (Å²) >= 11 is 0. The van der Waals surface area contributed by atoms with E-state index in [0.717, 1.165) is 23.0 Å². The van der Waals surface area contributed by atoms with Gasteiger partial charge in [-0.05, 0) is 12.1 Å². The summed E-state index contributed by atoms with van der Waals surface area (Å²) in [6, 6.07) is 10.7. The normalized spacial score (nSPS) is 10.8. The fourth-order valence-electron chi connectivity index (χ4n) is 2.20. The third kappa shape index (κ3) is 2.63. The lowest BCUT2D eigenvalue weighted by atomic mass is 10.1. The molecule has 0 saturated heterocycles. The Hall–Kier alpha value is -2.69. The van der Waals surface area contributed by atoms with E-state index in [1.54, 1.807) is 6.20 Å². The molecule has 0 aliphatic rings. The number of para-hydroxylation sites is 1. The van der Waals surface area contributed by atoms with Crippen LogP contribution in [0.4, 0.5) is 8.78 Å². The van der Waals surface area contributed by atoms with Gasteiger partial charge < -0.3 is 10.3 Å². The number of carbonyl (C=O) groups excluding carboxylic acids is 1. The van der Waals surface area contributed by atoms with E-state index in [0.29, 0.717) is 5.56 Å². The number of hydrogen-bond donors (Lipinski definition) is 2. The van der Waals surface area contributed by atoms with E-state index in [-0.39, 0.29) is 18.0 Å². The second-order valence-corrected chi connectivity index (χ2v) is 4.67. The van der Waals surface area contributed by atoms with Crippen LogP contribution in [0.25, 0.3) is 10.9 Å². The lowest BCUT2D eigenvalue weighted by Gasteiger charge is -2.06. The quantitative estimate of drug-likeness (QED) is 0.761. The minimum absolute atomic E-state index is 0.00442. The summed E-state index contributed by atoms with van der Waals surface area (Å²) in [4.78, 5) is 15.1. The molecule has 0 aliphatic carbocycles. The summed E-state index contributed by atoms with van der Waals surface area (Å²) in [6.45, 7) is 0.00442. The van der Waals surface area contributed by atoms with Crippen molar-refractivity contribution in [3.63, 3.8) is 0 Å². The van der Waals surface area contributed by atoms with Crippen molar-refractivity contribution >= 4 is 16.8 Å². The van der Waals surface area contributed by atoms with Crippen LogP contribution in [-0.4, -0.2) is 10.9 Å². The summed E-state index contributed by atoms with van der Waals surface area (Å²) in [6.07, 6.45) is 1.61. The Morgan fingerprint density at radius 1 is 1.14 bits per heavy atom. The Morgan fingerprint density at radius 3 is 2.76 bits per heavy atom. The lowest BCUT2D eigenvalue weighted by molar-refractivity contribution is 0.0952. The largest absolute Gasteiger partial charge is 0.360 e. The van der Waals surface area contributed by atoms with Crippen LogP contribution in [0.5, 0.6) is 0 Å². The average Bonchev–Trinajstić information content (AvgIpc) is 2.90. The Morgan fingerprint density at radius 2 is 1.95 bits per heavy atom. The van der Waals surface area contributed by atoms with Crippen LogP contribution >= 0.6 is 0 Å². The van der Waals surface area contributed by atoms with Crippen molar-refractivity contribution in [2.75, 3.05) is 0 Å². The van der Waals surface area contributed by atoms with Crippen molar-refractivity contribution in [1.82, 2.24) is 10.3 Å². The average molecular weight is 286 g/mol. The number of nitrogens with one attached hydrogen (secondary N) is 2. The number of fused-ring (bicyclic) bond motifs is 1. The molecule has 3 rings (SSSR count). The summed E-state index contributed by atoms with van der Waals surface area (Å²) < 4.78 is 26.3. The predicted molar refractivity (Wildman–Crippen MR) is 75.8 cm³/mol. The smallest absolute Gasteiger partial charge is 0.253 e. The van der Waals surface area contributed by atoms with Gasteiger partial charge in [-0.25, -0.2) is 8.78 Å². The highest BCUT2D eigenvalue weighted by Crippen LogP contribution is 2.17. The minimum atomic E-state index is -0.672. The van der Waals surface area contributed by atoms with Crippen LogP contribution in [0.15, 0.2) is 48.7 Å². The Balaban J connectivity index is 1.77. The van der Waals surface area contributed by atoms with E-state index >= 15 is 0 Å². The number of halogens is 2. The van der Waals surface area contributed by atoms with Gasteiger partial charge in [0.05, 0.1) is 5.56 Å². The number of benzene rings is 2. The molecule has 0 unspecified atom stereocenters. The van der Waals surface area contributed by atoms with Gasteiger partial charge in [0, 0.05) is 35.3 Å². The molecule has 2 aromatic carbocycles. The van der Waals surface area contributed by atoms with Gasteiger partial charge in [-0.15, -0.1) is 0 Å². The third-order valence-electron chi connectivity index (χ3n) is 3.29. The van der Waals surface area contributed by atoms with E-state index in [2.05, 4.69) is 10.3 Å². The molecule has 0 atom stereocenters. The molecule has 5 heteroatoms. The summed E-state index contributed by atoms with van der Waals surface area (Å²) in [7, 11) is 0. The zero-order valence-electron chi connectivity index (χ0n) is 11.0. The fourth-order valence-corrected chi connectivity index (χ4v) is 2.20. The monoisotopic (exact) mass is 286 g/mol. The molecule has 0 radical (unpaired) electrons. The summed E-state index contributed by atoms with van der Waals surface area (Å²) in [5, 5.41) is 3.43. The molecule has 1 aromatic heterocycles. The van der Waals surface area contributed by atoms with Crippen molar-refractivity contribution in [1.29, 1.82) is 0 Å². The van der Waals surface area contributed by atoms with Crippen LogP contribution in [0.2, 0.25) is 0 Å². The Labute approximate surface area is 119 Å². The highest BCUT2D eigenvalue weighted by Gasteiger charge is 2.12. The maximum Gasteiger partial charge on any atom is 0.253 e. The van der Waals surface area contributed by atoms with E-state index < -0.39 is 11.6 Å². The maximum atomic E-state index is 13.5. The summed E-state index contributed by atoms with van der Waals surface area (Å²) in [5.41, 5.74) is 1.59. The summed E-state index contributed by atoms with van der Waals surface area (Å²) in [5.74, 6) is -1.62. The first-order valence-corrected chi connectivity index (χ1v) is 6.43. The molecule has 0 fully saturated rings. The zero-order chi connectivity index (χ0) is 14.8. The van der Waals surface area contributed by atoms with Crippen molar-refractivity contribution in [3.05, 3.63) is 71.4 Å². The second-order valence-electron chi connectivity index (χ2n) is 4.67. The highest BCUT2D eigenvalue weighted by molar-refractivity contribution is 6.06. The lowest BCUT2D eigenvalue weighted by Crippen LogP contribution is -2.23. The number of amides is 1.